The summed E-state index contributed by atoms with van der Waals surface area (Å²) < 4.78 is 12.7. The number of fused-ring (bicyclic) bond motifs is 2. The topological polar surface area (TPSA) is 123 Å². The summed E-state index contributed by atoms with van der Waals surface area (Å²) in [6.45, 7) is 5.23. The van der Waals surface area contributed by atoms with Gasteiger partial charge < -0.3 is 23.6 Å². The van der Waals surface area contributed by atoms with E-state index < -0.39 is 0 Å². The first-order chi connectivity index (χ1) is 16.9. The summed E-state index contributed by atoms with van der Waals surface area (Å²) in [4.78, 5) is 40.0. The lowest BCUT2D eigenvalue weighted by molar-refractivity contribution is 0.0727. The number of para-hydroxylation sites is 1. The van der Waals surface area contributed by atoms with Crippen molar-refractivity contribution in [2.24, 2.45) is 5.92 Å². The first-order valence-corrected chi connectivity index (χ1v) is 11.5. The van der Waals surface area contributed by atoms with E-state index in [1.165, 1.54) is 18.6 Å². The molecule has 1 aliphatic heterocycles. The fourth-order valence-electron chi connectivity index (χ4n) is 4.29. The Morgan fingerprint density at radius 1 is 1.09 bits per heavy atom. The van der Waals surface area contributed by atoms with Crippen LogP contribution in [0.25, 0.3) is 11.0 Å². The maximum Gasteiger partial charge on any atom is 0.289 e. The van der Waals surface area contributed by atoms with Gasteiger partial charge in [0.25, 0.3) is 11.8 Å². The second-order valence-corrected chi connectivity index (χ2v) is 8.85. The largest absolute Gasteiger partial charge is 0.472 e. The SMILES string of the molecule is CC(C)[C@H](NC(=O)c1ccoc1)c1nnc2n1CCN(C(=O)c1cc(=O)c3ccccc3o1)CC2. The molecule has 0 radical (unpaired) electrons. The Morgan fingerprint density at radius 3 is 2.69 bits per heavy atom. The molecule has 0 saturated heterocycles. The van der Waals surface area contributed by atoms with Gasteiger partial charge in [0.1, 0.15) is 17.7 Å². The lowest BCUT2D eigenvalue weighted by Gasteiger charge is -2.23. The highest BCUT2D eigenvalue weighted by atomic mass is 16.3. The average Bonchev–Trinajstić information content (AvgIpc) is 3.48. The molecule has 180 valence electrons. The number of rotatable bonds is 5. The van der Waals surface area contributed by atoms with Crippen molar-refractivity contribution >= 4 is 22.8 Å². The Morgan fingerprint density at radius 2 is 1.91 bits per heavy atom. The predicted octanol–water partition coefficient (Wildman–Crippen LogP) is 2.80. The van der Waals surface area contributed by atoms with Gasteiger partial charge in [-0.15, -0.1) is 10.2 Å². The molecule has 0 saturated carbocycles. The zero-order valence-corrected chi connectivity index (χ0v) is 19.4. The Balaban J connectivity index is 1.36. The number of hydrogen-bond donors (Lipinski definition) is 1. The summed E-state index contributed by atoms with van der Waals surface area (Å²) in [5.74, 6) is 0.830. The first kappa shape index (κ1) is 22.6. The van der Waals surface area contributed by atoms with Crippen molar-refractivity contribution < 1.29 is 18.4 Å². The normalized spacial score (nSPS) is 14.5. The van der Waals surface area contributed by atoms with Gasteiger partial charge in [-0.25, -0.2) is 0 Å². The maximum atomic E-state index is 13.2. The number of nitrogens with zero attached hydrogens (tertiary/aromatic N) is 4. The number of hydrogen-bond acceptors (Lipinski definition) is 7. The van der Waals surface area contributed by atoms with Gasteiger partial charge >= 0.3 is 0 Å². The third-order valence-electron chi connectivity index (χ3n) is 6.20. The van der Waals surface area contributed by atoms with Crippen LogP contribution < -0.4 is 10.7 Å². The van der Waals surface area contributed by atoms with Crippen LogP contribution in [-0.2, 0) is 13.0 Å². The summed E-state index contributed by atoms with van der Waals surface area (Å²) in [7, 11) is 0. The molecule has 1 N–H and O–H groups in total. The zero-order chi connectivity index (χ0) is 24.5. The molecule has 4 aromatic rings. The summed E-state index contributed by atoms with van der Waals surface area (Å²) in [5.41, 5.74) is 0.559. The van der Waals surface area contributed by atoms with Gasteiger partial charge in [-0.2, -0.15) is 0 Å². The summed E-state index contributed by atoms with van der Waals surface area (Å²) in [6.07, 6.45) is 3.33. The third kappa shape index (κ3) is 4.34. The third-order valence-corrected chi connectivity index (χ3v) is 6.20. The lowest BCUT2D eigenvalue weighted by atomic mass is 10.0. The van der Waals surface area contributed by atoms with Crippen LogP contribution in [0.1, 0.15) is 52.5 Å². The molecule has 0 spiro atoms. The number of furan rings is 1. The molecule has 0 fully saturated rings. The van der Waals surface area contributed by atoms with Crippen molar-refractivity contribution in [3.05, 3.63) is 82.1 Å². The number of amides is 2. The van der Waals surface area contributed by atoms with Gasteiger partial charge in [-0.3, -0.25) is 14.4 Å². The van der Waals surface area contributed by atoms with E-state index >= 15 is 0 Å². The molecule has 1 aromatic carbocycles. The van der Waals surface area contributed by atoms with Gasteiger partial charge in [0.2, 0.25) is 0 Å². The molecule has 4 heterocycles. The number of aromatic nitrogens is 3. The molecule has 0 aliphatic carbocycles. The smallest absolute Gasteiger partial charge is 0.289 e. The van der Waals surface area contributed by atoms with Crippen LogP contribution in [0.2, 0.25) is 0 Å². The summed E-state index contributed by atoms with van der Waals surface area (Å²) in [5, 5.41) is 12.2. The van der Waals surface area contributed by atoms with Crippen molar-refractivity contribution in [3.8, 4) is 0 Å². The van der Waals surface area contributed by atoms with E-state index in [1.54, 1.807) is 35.2 Å². The van der Waals surface area contributed by atoms with Crippen molar-refractivity contribution in [1.82, 2.24) is 25.0 Å². The fraction of sp³-hybridized carbons (Fsp3) is 0.320. The van der Waals surface area contributed by atoms with E-state index in [4.69, 9.17) is 8.83 Å². The van der Waals surface area contributed by atoms with Crippen LogP contribution in [-0.4, -0.2) is 44.6 Å². The highest BCUT2D eigenvalue weighted by Gasteiger charge is 2.29. The van der Waals surface area contributed by atoms with Crippen LogP contribution in [0.4, 0.5) is 0 Å². The minimum atomic E-state index is -0.376. The molecule has 1 atom stereocenters. The van der Waals surface area contributed by atoms with Gasteiger partial charge in [-0.1, -0.05) is 26.0 Å². The Kier molecular flexibility index (Phi) is 5.94. The molecule has 5 rings (SSSR count). The number of carbonyl (C=O) groups is 2. The van der Waals surface area contributed by atoms with Crippen LogP contribution in [0.15, 0.2) is 62.6 Å². The van der Waals surface area contributed by atoms with E-state index in [9.17, 15) is 14.4 Å². The van der Waals surface area contributed by atoms with E-state index in [0.29, 0.717) is 48.4 Å². The number of nitrogens with one attached hydrogen (secondary N) is 1. The van der Waals surface area contributed by atoms with Crippen LogP contribution in [0.5, 0.6) is 0 Å². The zero-order valence-electron chi connectivity index (χ0n) is 19.4. The van der Waals surface area contributed by atoms with Gasteiger partial charge in [-0.05, 0) is 24.1 Å². The second kappa shape index (κ2) is 9.21. The summed E-state index contributed by atoms with van der Waals surface area (Å²) >= 11 is 0. The minimum Gasteiger partial charge on any atom is -0.472 e. The fourth-order valence-corrected chi connectivity index (χ4v) is 4.29. The van der Waals surface area contributed by atoms with Crippen molar-refractivity contribution in [2.45, 2.75) is 32.9 Å². The maximum absolute atomic E-state index is 13.2. The van der Waals surface area contributed by atoms with E-state index in [2.05, 4.69) is 15.5 Å². The van der Waals surface area contributed by atoms with Crippen molar-refractivity contribution in [2.75, 3.05) is 13.1 Å². The van der Waals surface area contributed by atoms with E-state index in [0.717, 1.165) is 5.82 Å². The van der Waals surface area contributed by atoms with E-state index in [1.807, 2.05) is 18.4 Å². The van der Waals surface area contributed by atoms with Crippen LogP contribution in [0.3, 0.4) is 0 Å². The molecule has 35 heavy (non-hydrogen) atoms. The first-order valence-electron chi connectivity index (χ1n) is 11.5. The molecule has 10 nitrogen and oxygen atoms in total. The van der Waals surface area contributed by atoms with Gasteiger partial charge in [0, 0.05) is 32.1 Å². The van der Waals surface area contributed by atoms with Gasteiger partial charge in [0.05, 0.1) is 23.3 Å². The lowest BCUT2D eigenvalue weighted by Crippen LogP contribution is -2.35. The van der Waals surface area contributed by atoms with Crippen LogP contribution in [0, 0.1) is 5.92 Å². The molecule has 2 amide bonds. The highest BCUT2D eigenvalue weighted by Crippen LogP contribution is 2.24. The van der Waals surface area contributed by atoms with Crippen LogP contribution >= 0.6 is 0 Å². The molecular weight excluding hydrogens is 450 g/mol. The second-order valence-electron chi connectivity index (χ2n) is 8.85. The quantitative estimate of drug-likeness (QED) is 0.471. The Bertz CT molecular complexity index is 1440. The standard InChI is InChI=1S/C25H25N5O5/c1-15(2)22(26-24(32)16-8-12-34-14-16)23-28-27-21-7-9-29(10-11-30(21)23)25(33)20-13-18(31)17-5-3-4-6-19(17)35-20/h3-6,8,12-15,22H,7,9-11H2,1-2H3,(H,26,32)/t22-/m0/s1. The van der Waals surface area contributed by atoms with Gasteiger partial charge in [0.15, 0.2) is 17.0 Å². The average molecular weight is 476 g/mol. The Labute approximate surface area is 200 Å². The number of carbonyl (C=O) groups excluding carboxylic acids is 2. The Hall–Kier alpha value is -4.21. The number of benzene rings is 1. The predicted molar refractivity (Wildman–Crippen MR) is 126 cm³/mol. The minimum absolute atomic E-state index is 0.0130. The summed E-state index contributed by atoms with van der Waals surface area (Å²) in [6, 6.07) is 9.34. The molecule has 3 aromatic heterocycles. The molecule has 0 bridgehead atoms. The van der Waals surface area contributed by atoms with E-state index in [-0.39, 0.29) is 35.0 Å². The monoisotopic (exact) mass is 475 g/mol. The highest BCUT2D eigenvalue weighted by molar-refractivity contribution is 5.94. The molecule has 10 heteroatoms. The van der Waals surface area contributed by atoms with Crippen molar-refractivity contribution in [3.63, 3.8) is 0 Å². The molecular formula is C25H25N5O5. The molecule has 1 aliphatic rings. The van der Waals surface area contributed by atoms with Crippen molar-refractivity contribution in [1.29, 1.82) is 0 Å². The molecule has 0 unspecified atom stereocenters.